The Balaban J connectivity index is 0.000000810. The van der Waals surface area contributed by atoms with Gasteiger partial charge in [-0.2, -0.15) is 8.42 Å². The summed E-state index contributed by atoms with van der Waals surface area (Å²) in [6.07, 6.45) is 7.41. The van der Waals surface area contributed by atoms with Gasteiger partial charge >= 0.3 is 6.36 Å². The molecule has 40 heavy (non-hydrogen) atoms. The number of alkyl halides is 3. The van der Waals surface area contributed by atoms with Gasteiger partial charge in [-0.25, -0.2) is 4.98 Å². The Labute approximate surface area is 228 Å². The first kappa shape index (κ1) is 30.4. The number of hydrogen-bond acceptors (Lipinski definition) is 8. The Morgan fingerprint density at radius 2 is 1.70 bits per heavy atom. The van der Waals surface area contributed by atoms with E-state index >= 15 is 0 Å². The number of nitrogens with zero attached hydrogens (tertiary/aromatic N) is 4. The Morgan fingerprint density at radius 1 is 1.02 bits per heavy atom. The molecule has 0 amide bonds. The fourth-order valence-electron chi connectivity index (χ4n) is 3.28. The van der Waals surface area contributed by atoms with E-state index in [2.05, 4.69) is 20.0 Å². The summed E-state index contributed by atoms with van der Waals surface area (Å²) in [5, 5.41) is 7.75. The normalized spacial score (nSPS) is 11.7. The van der Waals surface area contributed by atoms with Gasteiger partial charge < -0.3 is 13.9 Å². The zero-order chi connectivity index (χ0) is 29.0. The number of benzene rings is 2. The molecule has 0 atom stereocenters. The number of hydrogen-bond donors (Lipinski definition) is 1. The molecule has 0 aliphatic rings. The zero-order valence-electron chi connectivity index (χ0n) is 21.4. The summed E-state index contributed by atoms with van der Waals surface area (Å²) in [6.45, 7) is 1.11. The van der Waals surface area contributed by atoms with Crippen LogP contribution in [0.1, 0.15) is 35.6 Å². The molecule has 4 rings (SSSR count). The lowest BCUT2D eigenvalue weighted by atomic mass is 10.1. The molecule has 0 saturated carbocycles. The molecule has 10 nitrogen and oxygen atoms in total. The quantitative estimate of drug-likeness (QED) is 0.182. The average Bonchev–Trinajstić information content (AvgIpc) is 3.56. The number of oxazole rings is 1. The van der Waals surface area contributed by atoms with Gasteiger partial charge in [0, 0.05) is 18.8 Å². The number of unbranched alkanes of at least 4 members (excludes halogenated alkanes) is 1. The molecule has 4 aromatic rings. The number of aryl methyl sites for hydroxylation is 2. The molecule has 14 heteroatoms. The highest BCUT2D eigenvalue weighted by atomic mass is 32.2. The lowest BCUT2D eigenvalue weighted by Gasteiger charge is -2.08. The van der Waals surface area contributed by atoms with Gasteiger partial charge in [0.15, 0.2) is 0 Å². The first-order valence-electron chi connectivity index (χ1n) is 11.9. The van der Waals surface area contributed by atoms with Gasteiger partial charge in [0.2, 0.25) is 5.89 Å². The summed E-state index contributed by atoms with van der Waals surface area (Å²) in [6, 6.07) is 13.5. The minimum atomic E-state index is -4.71. The SMILES string of the molecule is CS(=O)(=O)O.FC(F)(F)Oc1ccc(/C=C/c2nc(COc3ccc(CCCCn4ccnn4)cc3)co2)cc1. The van der Waals surface area contributed by atoms with Crippen LogP contribution < -0.4 is 9.47 Å². The van der Waals surface area contributed by atoms with Crippen molar-refractivity contribution in [1.82, 2.24) is 20.0 Å². The van der Waals surface area contributed by atoms with Crippen LogP contribution in [0.3, 0.4) is 0 Å². The Bertz CT molecular complexity index is 1430. The molecule has 0 fully saturated rings. The second-order valence-electron chi connectivity index (χ2n) is 8.42. The molecule has 2 heterocycles. The molecule has 1 N–H and O–H groups in total. The summed E-state index contributed by atoms with van der Waals surface area (Å²) in [7, 11) is -3.67. The molecule has 2 aromatic carbocycles. The first-order chi connectivity index (χ1) is 18.9. The Kier molecular flexibility index (Phi) is 10.8. The summed E-state index contributed by atoms with van der Waals surface area (Å²) in [5.41, 5.74) is 2.53. The third-order valence-electron chi connectivity index (χ3n) is 4.99. The highest BCUT2D eigenvalue weighted by molar-refractivity contribution is 7.85. The van der Waals surface area contributed by atoms with E-state index in [0.717, 1.165) is 31.6 Å². The van der Waals surface area contributed by atoms with Gasteiger partial charge in [-0.05, 0) is 60.7 Å². The molecule has 0 saturated heterocycles. The number of halogens is 3. The van der Waals surface area contributed by atoms with E-state index in [4.69, 9.17) is 13.7 Å². The fourth-order valence-corrected chi connectivity index (χ4v) is 3.28. The number of aromatic nitrogens is 4. The predicted octanol–water partition coefficient (Wildman–Crippen LogP) is 5.44. The maximum atomic E-state index is 12.2. The van der Waals surface area contributed by atoms with Gasteiger partial charge in [-0.15, -0.1) is 18.3 Å². The molecule has 0 radical (unpaired) electrons. The molecule has 214 valence electrons. The minimum absolute atomic E-state index is 0.248. The highest BCUT2D eigenvalue weighted by Gasteiger charge is 2.30. The Hall–Kier alpha value is -4.17. The summed E-state index contributed by atoms with van der Waals surface area (Å²) in [5.74, 6) is 0.819. The maximum Gasteiger partial charge on any atom is 0.573 e. The molecular weight excluding hydrogens is 553 g/mol. The van der Waals surface area contributed by atoms with Crippen molar-refractivity contribution in [2.45, 2.75) is 38.8 Å². The van der Waals surface area contributed by atoms with E-state index in [9.17, 15) is 21.6 Å². The van der Waals surface area contributed by atoms with Crippen LogP contribution in [-0.4, -0.2) is 45.6 Å². The Morgan fingerprint density at radius 3 is 2.33 bits per heavy atom. The molecular formula is C26H27F3N4O6S. The highest BCUT2D eigenvalue weighted by Crippen LogP contribution is 2.23. The molecule has 0 aliphatic carbocycles. The second-order valence-corrected chi connectivity index (χ2v) is 9.88. The van der Waals surface area contributed by atoms with Crippen molar-refractivity contribution >= 4 is 22.3 Å². The third kappa shape index (κ3) is 12.6. The van der Waals surface area contributed by atoms with Gasteiger partial charge in [0.25, 0.3) is 10.1 Å². The van der Waals surface area contributed by atoms with Crippen molar-refractivity contribution in [2.24, 2.45) is 0 Å². The van der Waals surface area contributed by atoms with Crippen LogP contribution >= 0.6 is 0 Å². The van der Waals surface area contributed by atoms with E-state index in [1.807, 2.05) is 35.1 Å². The molecule has 0 aliphatic heterocycles. The van der Waals surface area contributed by atoms with E-state index in [-0.39, 0.29) is 12.4 Å². The number of ether oxygens (including phenoxy) is 2. The second kappa shape index (κ2) is 14.3. The van der Waals surface area contributed by atoms with Gasteiger partial charge in [-0.3, -0.25) is 9.23 Å². The van der Waals surface area contributed by atoms with E-state index in [1.54, 1.807) is 18.3 Å². The van der Waals surface area contributed by atoms with Crippen molar-refractivity contribution in [1.29, 1.82) is 0 Å². The number of rotatable bonds is 11. The van der Waals surface area contributed by atoms with Gasteiger partial charge in [-0.1, -0.05) is 29.5 Å². The van der Waals surface area contributed by atoms with Crippen LogP contribution in [-0.2, 0) is 29.7 Å². The molecule has 0 spiro atoms. The van der Waals surface area contributed by atoms with Gasteiger partial charge in [0.05, 0.1) is 12.5 Å². The van der Waals surface area contributed by atoms with Crippen LogP contribution in [0.5, 0.6) is 11.5 Å². The van der Waals surface area contributed by atoms with Crippen LogP contribution in [0.15, 0.2) is 71.6 Å². The molecule has 2 aromatic heterocycles. The smallest absolute Gasteiger partial charge is 0.487 e. The predicted molar refractivity (Wildman–Crippen MR) is 140 cm³/mol. The van der Waals surface area contributed by atoms with E-state index in [1.165, 1.54) is 36.1 Å². The lowest BCUT2D eigenvalue weighted by Crippen LogP contribution is -2.16. The van der Waals surface area contributed by atoms with E-state index in [0.29, 0.717) is 23.4 Å². The van der Waals surface area contributed by atoms with E-state index < -0.39 is 16.5 Å². The van der Waals surface area contributed by atoms with Crippen molar-refractivity contribution in [3.8, 4) is 11.5 Å². The van der Waals surface area contributed by atoms with Crippen molar-refractivity contribution in [2.75, 3.05) is 6.26 Å². The van der Waals surface area contributed by atoms with Crippen molar-refractivity contribution < 1.29 is 40.0 Å². The standard InChI is InChI=1S/C25H23F3N4O3.CH4O3S/c26-25(27,28)35-23-11-6-20(7-12-23)8-13-24-30-21(18-34-24)17-33-22-9-4-19(5-10-22)3-1-2-15-32-16-14-29-31-32;1-5(2,3)4/h4-14,16,18H,1-3,15,17H2;1H3,(H,2,3,4)/b13-8+;. The molecule has 0 bridgehead atoms. The zero-order valence-corrected chi connectivity index (χ0v) is 22.2. The average molecular weight is 581 g/mol. The first-order valence-corrected chi connectivity index (χ1v) is 13.7. The molecule has 0 unspecified atom stereocenters. The van der Waals surface area contributed by atoms with Gasteiger partial charge in [0.1, 0.15) is 30.1 Å². The van der Waals surface area contributed by atoms with Crippen LogP contribution in [0.4, 0.5) is 13.2 Å². The third-order valence-corrected chi connectivity index (χ3v) is 4.99. The van der Waals surface area contributed by atoms with Crippen molar-refractivity contribution in [3.05, 3.63) is 89.9 Å². The summed E-state index contributed by atoms with van der Waals surface area (Å²) < 4.78 is 79.4. The summed E-state index contributed by atoms with van der Waals surface area (Å²) >= 11 is 0. The van der Waals surface area contributed by atoms with Crippen molar-refractivity contribution in [3.63, 3.8) is 0 Å². The lowest BCUT2D eigenvalue weighted by molar-refractivity contribution is -0.274. The minimum Gasteiger partial charge on any atom is -0.487 e. The largest absolute Gasteiger partial charge is 0.573 e. The maximum absolute atomic E-state index is 12.2. The fraction of sp³-hybridized carbons (Fsp3) is 0.269. The topological polar surface area (TPSA) is 130 Å². The van der Waals surface area contributed by atoms with Crippen LogP contribution in [0, 0.1) is 0 Å². The summed E-state index contributed by atoms with van der Waals surface area (Å²) in [4.78, 5) is 4.33. The van der Waals surface area contributed by atoms with Crippen LogP contribution in [0.25, 0.3) is 12.2 Å². The monoisotopic (exact) mass is 580 g/mol. The van der Waals surface area contributed by atoms with Crippen LogP contribution in [0.2, 0.25) is 0 Å².